The Bertz CT molecular complexity index is 1340. The summed E-state index contributed by atoms with van der Waals surface area (Å²) in [6.45, 7) is 0. The lowest BCUT2D eigenvalue weighted by Gasteiger charge is -2.11. The zero-order chi connectivity index (χ0) is 23.6. The third-order valence-corrected chi connectivity index (χ3v) is 6.95. The molecule has 0 unspecified atom stereocenters. The van der Waals surface area contributed by atoms with E-state index in [-0.39, 0.29) is 21.8 Å². The maximum atomic E-state index is 12.6. The second-order valence-corrected chi connectivity index (χ2v) is 9.92. The minimum absolute atomic E-state index is 0.0132. The van der Waals surface area contributed by atoms with Gasteiger partial charge in [-0.2, -0.15) is 13.2 Å². The predicted octanol–water partition coefficient (Wildman–Crippen LogP) is 3.43. The van der Waals surface area contributed by atoms with Gasteiger partial charge in [-0.05, 0) is 54.6 Å². The number of pyridine rings is 1. The number of sulfone groups is 1. The first-order valence-corrected chi connectivity index (χ1v) is 11.6. The Hall–Kier alpha value is -3.45. The summed E-state index contributed by atoms with van der Waals surface area (Å²) in [5, 5.41) is 2.37. The number of halogens is 3. The topological polar surface area (TPSA) is 122 Å². The molecule has 1 amide bonds. The van der Waals surface area contributed by atoms with E-state index >= 15 is 0 Å². The van der Waals surface area contributed by atoms with E-state index in [1.807, 2.05) is 0 Å². The summed E-state index contributed by atoms with van der Waals surface area (Å²) in [6.07, 6.45) is 2.79. The Kier molecular flexibility index (Phi) is 6.23. The normalized spacial score (nSPS) is 12.2. The highest BCUT2D eigenvalue weighted by Crippen LogP contribution is 2.30. The van der Waals surface area contributed by atoms with Crippen molar-refractivity contribution < 1.29 is 34.8 Å². The van der Waals surface area contributed by atoms with Gasteiger partial charge in [0.15, 0.2) is 0 Å². The highest BCUT2D eigenvalue weighted by molar-refractivity contribution is 7.92. The Morgan fingerprint density at radius 3 is 2.03 bits per heavy atom. The van der Waals surface area contributed by atoms with Gasteiger partial charge < -0.3 is 5.32 Å². The fraction of sp³-hybridized carbons (Fsp3) is 0.0526. The van der Waals surface area contributed by atoms with Crippen molar-refractivity contribution in [2.45, 2.75) is 15.3 Å². The van der Waals surface area contributed by atoms with Crippen LogP contribution in [0.1, 0.15) is 10.4 Å². The highest BCUT2D eigenvalue weighted by Gasteiger charge is 2.46. The van der Waals surface area contributed by atoms with Gasteiger partial charge in [0.2, 0.25) is 0 Å². The molecule has 0 saturated carbocycles. The fourth-order valence-electron chi connectivity index (χ4n) is 2.49. The number of hydrogen-bond donors (Lipinski definition) is 2. The lowest BCUT2D eigenvalue weighted by molar-refractivity contribution is -0.0436. The molecule has 0 spiro atoms. The number of hydrogen-bond acceptors (Lipinski definition) is 6. The molecule has 0 aliphatic carbocycles. The number of anilines is 2. The van der Waals surface area contributed by atoms with Gasteiger partial charge in [0.25, 0.3) is 25.8 Å². The van der Waals surface area contributed by atoms with E-state index in [0.717, 1.165) is 18.2 Å². The number of aromatic nitrogens is 1. The Morgan fingerprint density at radius 1 is 0.812 bits per heavy atom. The second kappa shape index (κ2) is 8.59. The molecule has 2 aromatic carbocycles. The van der Waals surface area contributed by atoms with Gasteiger partial charge in [-0.1, -0.05) is 6.07 Å². The third kappa shape index (κ3) is 5.06. The molecule has 0 aliphatic heterocycles. The van der Waals surface area contributed by atoms with Crippen LogP contribution in [0.25, 0.3) is 0 Å². The van der Waals surface area contributed by atoms with Crippen LogP contribution in [0.4, 0.5) is 24.5 Å². The maximum absolute atomic E-state index is 12.6. The summed E-state index contributed by atoms with van der Waals surface area (Å²) < 4.78 is 88.0. The van der Waals surface area contributed by atoms with E-state index in [0.29, 0.717) is 12.1 Å². The molecule has 3 aromatic rings. The molecule has 0 atom stereocenters. The zero-order valence-corrected chi connectivity index (χ0v) is 17.5. The molecule has 0 bridgehead atoms. The molecule has 0 fully saturated rings. The Labute approximate surface area is 181 Å². The van der Waals surface area contributed by atoms with Crippen molar-refractivity contribution in [3.63, 3.8) is 0 Å². The standard InChI is InChI=1S/C19H14F3N3O5S2/c20-19(21,22)31(27,28)16-6-4-14(5-7-16)24-18(26)13-2-1-3-17(12-13)32(29,30)25-15-8-10-23-11-9-15/h1-12H,(H,23,25)(H,24,26). The van der Waals surface area contributed by atoms with Gasteiger partial charge in [0.05, 0.1) is 15.5 Å². The molecule has 1 heterocycles. The molecule has 0 saturated heterocycles. The number of sulfonamides is 1. The van der Waals surface area contributed by atoms with Crippen LogP contribution < -0.4 is 10.0 Å². The summed E-state index contributed by atoms with van der Waals surface area (Å²) in [5.41, 5.74) is -5.22. The number of nitrogens with one attached hydrogen (secondary N) is 2. The smallest absolute Gasteiger partial charge is 0.322 e. The summed E-state index contributed by atoms with van der Waals surface area (Å²) in [4.78, 5) is 15.1. The summed E-state index contributed by atoms with van der Waals surface area (Å²) in [6, 6.07) is 11.3. The van der Waals surface area contributed by atoms with Crippen LogP contribution >= 0.6 is 0 Å². The average Bonchev–Trinajstić information content (AvgIpc) is 2.74. The van der Waals surface area contributed by atoms with Crippen LogP contribution in [0.5, 0.6) is 0 Å². The number of carbonyl (C=O) groups excluding carboxylic acids is 1. The monoisotopic (exact) mass is 485 g/mol. The molecule has 3 rings (SSSR count). The largest absolute Gasteiger partial charge is 0.501 e. The van der Waals surface area contributed by atoms with E-state index in [4.69, 9.17) is 0 Å². The SMILES string of the molecule is O=C(Nc1ccc(S(=O)(=O)C(F)(F)F)cc1)c1cccc(S(=O)(=O)Nc2ccncc2)c1. The third-order valence-electron chi connectivity index (χ3n) is 4.07. The second-order valence-electron chi connectivity index (χ2n) is 6.30. The first-order chi connectivity index (χ1) is 14.9. The number of nitrogens with zero attached hydrogens (tertiary/aromatic N) is 1. The molecule has 0 radical (unpaired) electrons. The van der Waals surface area contributed by atoms with Gasteiger partial charge in [0.1, 0.15) is 0 Å². The quantitative estimate of drug-likeness (QED) is 0.552. The van der Waals surface area contributed by atoms with E-state index in [1.54, 1.807) is 0 Å². The van der Waals surface area contributed by atoms with Crippen LogP contribution in [0.3, 0.4) is 0 Å². The van der Waals surface area contributed by atoms with E-state index in [2.05, 4.69) is 15.0 Å². The molecular formula is C19H14F3N3O5S2. The predicted molar refractivity (Wildman–Crippen MR) is 109 cm³/mol. The van der Waals surface area contributed by atoms with Gasteiger partial charge >= 0.3 is 5.51 Å². The number of rotatable bonds is 6. The average molecular weight is 485 g/mol. The number of carbonyl (C=O) groups is 1. The van der Waals surface area contributed by atoms with Crippen LogP contribution in [0.2, 0.25) is 0 Å². The minimum atomic E-state index is -5.51. The van der Waals surface area contributed by atoms with Crippen LogP contribution in [-0.2, 0) is 19.9 Å². The van der Waals surface area contributed by atoms with Crippen molar-refractivity contribution >= 4 is 37.1 Å². The molecule has 2 N–H and O–H groups in total. The van der Waals surface area contributed by atoms with Crippen molar-refractivity contribution in [3.05, 3.63) is 78.6 Å². The van der Waals surface area contributed by atoms with Gasteiger partial charge in [-0.3, -0.25) is 14.5 Å². The van der Waals surface area contributed by atoms with Crippen LogP contribution in [-0.4, -0.2) is 33.2 Å². The molecule has 13 heteroatoms. The van der Waals surface area contributed by atoms with Crippen LogP contribution in [0, 0.1) is 0 Å². The van der Waals surface area contributed by atoms with Crippen molar-refractivity contribution in [1.82, 2.24) is 4.98 Å². The first kappa shape index (κ1) is 23.2. The molecule has 168 valence electrons. The highest BCUT2D eigenvalue weighted by atomic mass is 32.2. The molecular weight excluding hydrogens is 471 g/mol. The summed E-state index contributed by atoms with van der Waals surface area (Å²) in [5.74, 6) is -0.752. The Morgan fingerprint density at radius 2 is 1.44 bits per heavy atom. The number of alkyl halides is 3. The summed E-state index contributed by atoms with van der Waals surface area (Å²) >= 11 is 0. The van der Waals surface area contributed by atoms with Crippen LogP contribution in [0.15, 0.2) is 82.8 Å². The first-order valence-electron chi connectivity index (χ1n) is 8.66. The summed E-state index contributed by atoms with van der Waals surface area (Å²) in [7, 11) is -9.52. The van der Waals surface area contributed by atoms with E-state index < -0.39 is 36.2 Å². The van der Waals surface area contributed by atoms with Crippen molar-refractivity contribution in [2.24, 2.45) is 0 Å². The molecule has 0 aliphatic rings. The van der Waals surface area contributed by atoms with Crippen molar-refractivity contribution in [2.75, 3.05) is 10.0 Å². The van der Waals surface area contributed by atoms with Gasteiger partial charge in [-0.15, -0.1) is 0 Å². The van der Waals surface area contributed by atoms with E-state index in [9.17, 15) is 34.8 Å². The maximum Gasteiger partial charge on any atom is 0.501 e. The molecule has 1 aromatic heterocycles. The van der Waals surface area contributed by atoms with Gasteiger partial charge in [-0.25, -0.2) is 16.8 Å². The molecule has 8 nitrogen and oxygen atoms in total. The van der Waals surface area contributed by atoms with E-state index in [1.165, 1.54) is 42.7 Å². The number of benzene rings is 2. The Balaban J connectivity index is 1.78. The fourth-order valence-corrected chi connectivity index (χ4v) is 4.36. The van der Waals surface area contributed by atoms with Crippen molar-refractivity contribution in [1.29, 1.82) is 0 Å². The van der Waals surface area contributed by atoms with Crippen molar-refractivity contribution in [3.8, 4) is 0 Å². The number of amides is 1. The lowest BCUT2D eigenvalue weighted by Crippen LogP contribution is -2.23. The lowest BCUT2D eigenvalue weighted by atomic mass is 10.2. The van der Waals surface area contributed by atoms with Gasteiger partial charge in [0, 0.05) is 23.6 Å². The molecule has 32 heavy (non-hydrogen) atoms. The minimum Gasteiger partial charge on any atom is -0.322 e. The zero-order valence-electron chi connectivity index (χ0n) is 15.9.